The summed E-state index contributed by atoms with van der Waals surface area (Å²) < 4.78 is 0. The number of halogens is 2. The second kappa shape index (κ2) is 7.82. The summed E-state index contributed by atoms with van der Waals surface area (Å²) in [6, 6.07) is 7.29. The minimum Gasteiger partial charge on any atom is -0.337 e. The summed E-state index contributed by atoms with van der Waals surface area (Å²) in [4.78, 5) is 12.0. The van der Waals surface area contributed by atoms with E-state index in [0.29, 0.717) is 10.0 Å². The van der Waals surface area contributed by atoms with Gasteiger partial charge in [-0.1, -0.05) is 43.1 Å². The van der Waals surface area contributed by atoms with Gasteiger partial charge in [-0.15, -0.1) is 0 Å². The SMILES string of the molecule is CC(C)[C@](C)(C#N)NC(=O)CN[C@H](C)c1ccc(Cl)cc1Cl. The van der Waals surface area contributed by atoms with Crippen LogP contribution in [0.3, 0.4) is 0 Å². The first-order valence-electron chi connectivity index (χ1n) is 7.10. The molecular formula is C16H21Cl2N3O. The number of benzene rings is 1. The molecule has 0 aromatic heterocycles. The van der Waals surface area contributed by atoms with E-state index >= 15 is 0 Å². The molecule has 1 aromatic rings. The highest BCUT2D eigenvalue weighted by Crippen LogP contribution is 2.25. The number of amides is 1. The van der Waals surface area contributed by atoms with Crippen molar-refractivity contribution in [3.63, 3.8) is 0 Å². The Hall–Kier alpha value is -1.28. The summed E-state index contributed by atoms with van der Waals surface area (Å²) in [6.07, 6.45) is 0. The maximum Gasteiger partial charge on any atom is 0.235 e. The molecule has 0 saturated carbocycles. The highest BCUT2D eigenvalue weighted by Gasteiger charge is 2.29. The van der Waals surface area contributed by atoms with Crippen molar-refractivity contribution in [1.82, 2.24) is 10.6 Å². The van der Waals surface area contributed by atoms with Crippen LogP contribution in [0.1, 0.15) is 39.3 Å². The van der Waals surface area contributed by atoms with Gasteiger partial charge in [0, 0.05) is 16.1 Å². The van der Waals surface area contributed by atoms with Gasteiger partial charge < -0.3 is 10.6 Å². The number of nitrogens with one attached hydrogen (secondary N) is 2. The first-order chi connectivity index (χ1) is 10.2. The Morgan fingerprint density at radius 2 is 2.00 bits per heavy atom. The zero-order chi connectivity index (χ0) is 16.9. The van der Waals surface area contributed by atoms with Crippen LogP contribution in [0, 0.1) is 17.2 Å². The van der Waals surface area contributed by atoms with Crippen LogP contribution in [0.4, 0.5) is 0 Å². The van der Waals surface area contributed by atoms with Crippen LogP contribution in [-0.4, -0.2) is 18.0 Å². The third-order valence-corrected chi connectivity index (χ3v) is 4.35. The molecule has 0 aliphatic rings. The van der Waals surface area contributed by atoms with E-state index in [2.05, 4.69) is 16.7 Å². The van der Waals surface area contributed by atoms with E-state index in [0.717, 1.165) is 5.56 Å². The van der Waals surface area contributed by atoms with Crippen LogP contribution >= 0.6 is 23.2 Å². The lowest BCUT2D eigenvalue weighted by molar-refractivity contribution is -0.122. The van der Waals surface area contributed by atoms with Gasteiger partial charge in [0.15, 0.2) is 0 Å². The van der Waals surface area contributed by atoms with Gasteiger partial charge in [-0.2, -0.15) is 5.26 Å². The Morgan fingerprint density at radius 3 is 2.50 bits per heavy atom. The van der Waals surface area contributed by atoms with Crippen molar-refractivity contribution in [2.45, 2.75) is 39.3 Å². The Balaban J connectivity index is 2.62. The van der Waals surface area contributed by atoms with Gasteiger partial charge in [0.05, 0.1) is 12.6 Å². The second-order valence-corrected chi connectivity index (χ2v) is 6.63. The average Bonchev–Trinajstić information content (AvgIpc) is 2.44. The Labute approximate surface area is 141 Å². The van der Waals surface area contributed by atoms with Crippen molar-refractivity contribution in [2.75, 3.05) is 6.54 Å². The molecule has 0 aliphatic heterocycles. The summed E-state index contributed by atoms with van der Waals surface area (Å²) in [7, 11) is 0. The number of hydrogen-bond acceptors (Lipinski definition) is 3. The molecule has 0 radical (unpaired) electrons. The molecule has 120 valence electrons. The molecule has 0 fully saturated rings. The zero-order valence-corrected chi connectivity index (χ0v) is 14.7. The lowest BCUT2D eigenvalue weighted by Crippen LogP contribution is -2.51. The molecule has 4 nitrogen and oxygen atoms in total. The largest absolute Gasteiger partial charge is 0.337 e. The molecular weight excluding hydrogens is 321 g/mol. The molecule has 0 heterocycles. The molecule has 1 amide bonds. The smallest absolute Gasteiger partial charge is 0.235 e. The third kappa shape index (κ3) is 4.88. The number of carbonyl (C=O) groups excluding carboxylic acids is 1. The third-order valence-electron chi connectivity index (χ3n) is 3.78. The minimum atomic E-state index is -0.875. The molecule has 6 heteroatoms. The van der Waals surface area contributed by atoms with Crippen molar-refractivity contribution in [3.8, 4) is 6.07 Å². The predicted octanol–water partition coefficient (Wildman–Crippen LogP) is 3.70. The van der Waals surface area contributed by atoms with Crippen LogP contribution in [-0.2, 0) is 4.79 Å². The lowest BCUT2D eigenvalue weighted by Gasteiger charge is -2.27. The van der Waals surface area contributed by atoms with Gasteiger partial charge in [0.2, 0.25) is 5.91 Å². The van der Waals surface area contributed by atoms with E-state index in [-0.39, 0.29) is 24.4 Å². The zero-order valence-electron chi connectivity index (χ0n) is 13.2. The maximum atomic E-state index is 12.0. The Morgan fingerprint density at radius 1 is 1.36 bits per heavy atom. The van der Waals surface area contributed by atoms with E-state index in [4.69, 9.17) is 23.2 Å². The fourth-order valence-corrected chi connectivity index (χ4v) is 2.42. The van der Waals surface area contributed by atoms with E-state index in [1.165, 1.54) is 0 Å². The Kier molecular flexibility index (Phi) is 6.67. The van der Waals surface area contributed by atoms with Gasteiger partial charge >= 0.3 is 0 Å². The van der Waals surface area contributed by atoms with Crippen molar-refractivity contribution in [3.05, 3.63) is 33.8 Å². The minimum absolute atomic E-state index is 0.0181. The molecule has 2 atom stereocenters. The molecule has 2 N–H and O–H groups in total. The van der Waals surface area contributed by atoms with Gasteiger partial charge in [0.1, 0.15) is 5.54 Å². The number of rotatable bonds is 6. The predicted molar refractivity (Wildman–Crippen MR) is 89.9 cm³/mol. The number of nitrogens with zero attached hydrogens (tertiary/aromatic N) is 1. The van der Waals surface area contributed by atoms with E-state index in [1.54, 1.807) is 19.1 Å². The highest BCUT2D eigenvalue weighted by atomic mass is 35.5. The van der Waals surface area contributed by atoms with Crippen LogP contribution in [0.5, 0.6) is 0 Å². The summed E-state index contributed by atoms with van der Waals surface area (Å²) in [6.45, 7) is 7.52. The Bertz CT molecular complexity index is 583. The number of hydrogen-bond donors (Lipinski definition) is 2. The average molecular weight is 342 g/mol. The lowest BCUT2D eigenvalue weighted by atomic mass is 9.90. The monoisotopic (exact) mass is 341 g/mol. The van der Waals surface area contributed by atoms with Gasteiger partial charge in [-0.3, -0.25) is 4.79 Å². The van der Waals surface area contributed by atoms with E-state index in [1.807, 2.05) is 26.8 Å². The topological polar surface area (TPSA) is 64.9 Å². The van der Waals surface area contributed by atoms with Crippen molar-refractivity contribution in [2.24, 2.45) is 5.92 Å². The van der Waals surface area contributed by atoms with Crippen LogP contribution < -0.4 is 10.6 Å². The summed E-state index contributed by atoms with van der Waals surface area (Å²) in [5.74, 6) is -0.209. The van der Waals surface area contributed by atoms with Crippen molar-refractivity contribution >= 4 is 29.1 Å². The summed E-state index contributed by atoms with van der Waals surface area (Å²) >= 11 is 12.0. The highest BCUT2D eigenvalue weighted by molar-refractivity contribution is 6.35. The molecule has 0 aliphatic carbocycles. The standard InChI is InChI=1S/C16H21Cl2N3O/c1-10(2)16(4,9-19)21-15(22)8-20-11(3)13-6-5-12(17)7-14(13)18/h5-7,10-11,20H,8H2,1-4H3,(H,21,22)/t11-,16+/m1/s1. The molecule has 0 saturated heterocycles. The van der Waals surface area contributed by atoms with Gasteiger partial charge in [0.25, 0.3) is 0 Å². The normalized spacial score (nSPS) is 15.0. The van der Waals surface area contributed by atoms with E-state index < -0.39 is 5.54 Å². The molecule has 1 rings (SSSR count). The van der Waals surface area contributed by atoms with E-state index in [9.17, 15) is 10.1 Å². The maximum absolute atomic E-state index is 12.0. The number of carbonyl (C=O) groups is 1. The first-order valence-corrected chi connectivity index (χ1v) is 7.85. The van der Waals surface area contributed by atoms with Crippen LogP contribution in [0.15, 0.2) is 18.2 Å². The number of nitriles is 1. The summed E-state index contributed by atoms with van der Waals surface area (Å²) in [5, 5.41) is 16.2. The molecule has 0 bridgehead atoms. The van der Waals surface area contributed by atoms with Crippen LogP contribution in [0.25, 0.3) is 0 Å². The summed E-state index contributed by atoms with van der Waals surface area (Å²) in [5.41, 5.74) is -0.00863. The fraction of sp³-hybridized carbons (Fsp3) is 0.500. The quantitative estimate of drug-likeness (QED) is 0.828. The van der Waals surface area contributed by atoms with Crippen LogP contribution in [0.2, 0.25) is 10.0 Å². The second-order valence-electron chi connectivity index (χ2n) is 5.79. The fourth-order valence-electron chi connectivity index (χ4n) is 1.84. The molecule has 0 unspecified atom stereocenters. The molecule has 1 aromatic carbocycles. The molecule has 22 heavy (non-hydrogen) atoms. The first kappa shape index (κ1) is 18.8. The van der Waals surface area contributed by atoms with Gasteiger partial charge in [-0.05, 0) is 37.5 Å². The van der Waals surface area contributed by atoms with Crippen molar-refractivity contribution in [1.29, 1.82) is 5.26 Å². The van der Waals surface area contributed by atoms with Gasteiger partial charge in [-0.25, -0.2) is 0 Å². The molecule has 0 spiro atoms. The van der Waals surface area contributed by atoms with Crippen molar-refractivity contribution < 1.29 is 4.79 Å².